The quantitative estimate of drug-likeness (QED) is 0.877. The number of anilines is 1. The van der Waals surface area contributed by atoms with Gasteiger partial charge in [-0.05, 0) is 25.3 Å². The predicted molar refractivity (Wildman–Crippen MR) is 68.4 cm³/mol. The molecule has 1 saturated carbocycles. The van der Waals surface area contributed by atoms with Crippen molar-refractivity contribution in [2.75, 3.05) is 25.9 Å². The molecule has 98 valence electrons. The summed E-state index contributed by atoms with van der Waals surface area (Å²) >= 11 is 0. The van der Waals surface area contributed by atoms with E-state index < -0.39 is 0 Å². The Hall–Kier alpha value is -1.49. The third-order valence-corrected chi connectivity index (χ3v) is 3.79. The molecule has 18 heavy (non-hydrogen) atoms. The predicted octanol–water partition coefficient (Wildman–Crippen LogP) is 1.27. The largest absolute Gasteiger partial charge is 0.397 e. The molecule has 1 saturated heterocycles. The Balaban J connectivity index is 1.80. The number of aromatic nitrogens is 1. The second kappa shape index (κ2) is 4.31. The fraction of sp³-hybridized carbons (Fsp3) is 0.615. The van der Waals surface area contributed by atoms with Crippen LogP contribution in [0.2, 0.25) is 0 Å². The number of hydrogen-bond donors (Lipinski definition) is 1. The highest BCUT2D eigenvalue weighted by molar-refractivity contribution is 5.94. The number of carbonyl (C=O) groups is 1. The molecular formula is C13H19N3O2. The number of rotatable bonds is 3. The molecule has 0 radical (unpaired) electrons. The lowest BCUT2D eigenvalue weighted by atomic mass is 10.3. The van der Waals surface area contributed by atoms with Crippen molar-refractivity contribution >= 4 is 11.6 Å². The number of nitrogen functional groups attached to an aromatic ring is 1. The average molecular weight is 249 g/mol. The lowest BCUT2D eigenvalue weighted by molar-refractivity contribution is 0.0714. The van der Waals surface area contributed by atoms with E-state index >= 15 is 0 Å². The zero-order valence-electron chi connectivity index (χ0n) is 10.6. The summed E-state index contributed by atoms with van der Waals surface area (Å²) in [4.78, 5) is 14.3. The van der Waals surface area contributed by atoms with Crippen molar-refractivity contribution < 1.29 is 9.53 Å². The van der Waals surface area contributed by atoms with Gasteiger partial charge in [0.25, 0.3) is 5.91 Å². The maximum atomic E-state index is 12.5. The monoisotopic (exact) mass is 249 g/mol. The van der Waals surface area contributed by atoms with Gasteiger partial charge < -0.3 is 19.9 Å². The highest BCUT2D eigenvalue weighted by Crippen LogP contribution is 2.37. The van der Waals surface area contributed by atoms with Gasteiger partial charge in [0.05, 0.1) is 11.8 Å². The first kappa shape index (κ1) is 11.6. The average Bonchev–Trinajstić information content (AvgIpc) is 2.97. The zero-order chi connectivity index (χ0) is 12.7. The molecule has 1 unspecified atom stereocenters. The summed E-state index contributed by atoms with van der Waals surface area (Å²) in [6.45, 7) is 1.46. The molecule has 1 amide bonds. The van der Waals surface area contributed by atoms with Crippen LogP contribution in [-0.4, -0.2) is 41.7 Å². The topological polar surface area (TPSA) is 60.5 Å². The SMILES string of the molecule is COC1CCN(C(=O)c2cc(N)cn2C2CC2)C1. The molecule has 0 spiro atoms. The highest BCUT2D eigenvalue weighted by atomic mass is 16.5. The van der Waals surface area contributed by atoms with E-state index in [0.717, 1.165) is 31.5 Å². The number of amides is 1. The second-order valence-corrected chi connectivity index (χ2v) is 5.19. The van der Waals surface area contributed by atoms with Crippen molar-refractivity contribution in [3.05, 3.63) is 18.0 Å². The number of nitrogens with two attached hydrogens (primary N) is 1. The van der Waals surface area contributed by atoms with E-state index in [4.69, 9.17) is 10.5 Å². The summed E-state index contributed by atoms with van der Waals surface area (Å²) in [5.74, 6) is 0.0816. The zero-order valence-corrected chi connectivity index (χ0v) is 10.6. The van der Waals surface area contributed by atoms with E-state index in [9.17, 15) is 4.79 Å². The van der Waals surface area contributed by atoms with Crippen LogP contribution in [0.5, 0.6) is 0 Å². The number of ether oxygens (including phenoxy) is 1. The Morgan fingerprint density at radius 1 is 1.44 bits per heavy atom. The van der Waals surface area contributed by atoms with Crippen LogP contribution in [0.1, 0.15) is 35.8 Å². The molecule has 1 aliphatic carbocycles. The Morgan fingerprint density at radius 2 is 2.22 bits per heavy atom. The van der Waals surface area contributed by atoms with Crippen molar-refractivity contribution in [2.24, 2.45) is 0 Å². The normalized spacial score (nSPS) is 23.6. The van der Waals surface area contributed by atoms with Crippen LogP contribution in [0.3, 0.4) is 0 Å². The standard InChI is InChI=1S/C13H19N3O2/c1-18-11-4-5-15(8-11)13(17)12-6-9(14)7-16(12)10-2-3-10/h6-7,10-11H,2-5,8,14H2,1H3. The molecular weight excluding hydrogens is 230 g/mol. The number of carbonyl (C=O) groups excluding carboxylic acids is 1. The Kier molecular flexibility index (Phi) is 2.78. The molecule has 2 heterocycles. The highest BCUT2D eigenvalue weighted by Gasteiger charge is 2.32. The maximum Gasteiger partial charge on any atom is 0.270 e. The van der Waals surface area contributed by atoms with E-state index in [1.807, 2.05) is 15.7 Å². The lowest BCUT2D eigenvalue weighted by Crippen LogP contribution is -2.31. The Bertz CT molecular complexity index is 465. The van der Waals surface area contributed by atoms with E-state index in [1.54, 1.807) is 13.2 Å². The summed E-state index contributed by atoms with van der Waals surface area (Å²) in [7, 11) is 1.70. The van der Waals surface area contributed by atoms with Gasteiger partial charge in [-0.25, -0.2) is 0 Å². The molecule has 1 aromatic rings. The first-order chi connectivity index (χ1) is 8.69. The molecule has 0 aromatic carbocycles. The van der Waals surface area contributed by atoms with Crippen LogP contribution in [0.15, 0.2) is 12.3 Å². The van der Waals surface area contributed by atoms with Gasteiger partial charge in [-0.15, -0.1) is 0 Å². The van der Waals surface area contributed by atoms with Gasteiger partial charge in [0.15, 0.2) is 0 Å². The van der Waals surface area contributed by atoms with Gasteiger partial charge in [0.2, 0.25) is 0 Å². The number of methoxy groups -OCH3 is 1. The number of nitrogens with zero attached hydrogens (tertiary/aromatic N) is 2. The van der Waals surface area contributed by atoms with Crippen LogP contribution in [0.25, 0.3) is 0 Å². The fourth-order valence-electron chi connectivity index (χ4n) is 2.59. The fourth-order valence-corrected chi connectivity index (χ4v) is 2.59. The lowest BCUT2D eigenvalue weighted by Gasteiger charge is -2.17. The smallest absolute Gasteiger partial charge is 0.270 e. The van der Waals surface area contributed by atoms with E-state index in [-0.39, 0.29) is 12.0 Å². The van der Waals surface area contributed by atoms with Gasteiger partial charge in [0.1, 0.15) is 5.69 Å². The van der Waals surface area contributed by atoms with Crippen molar-refractivity contribution in [2.45, 2.75) is 31.4 Å². The first-order valence-electron chi connectivity index (χ1n) is 6.48. The van der Waals surface area contributed by atoms with Gasteiger partial charge in [-0.2, -0.15) is 0 Å². The third kappa shape index (κ3) is 1.99. The molecule has 3 rings (SSSR count). The van der Waals surface area contributed by atoms with Crippen LogP contribution >= 0.6 is 0 Å². The molecule has 5 nitrogen and oxygen atoms in total. The minimum Gasteiger partial charge on any atom is -0.397 e. The van der Waals surface area contributed by atoms with Crippen molar-refractivity contribution in [1.82, 2.24) is 9.47 Å². The van der Waals surface area contributed by atoms with Crippen LogP contribution in [0, 0.1) is 0 Å². The first-order valence-corrected chi connectivity index (χ1v) is 6.48. The van der Waals surface area contributed by atoms with Crippen molar-refractivity contribution in [1.29, 1.82) is 0 Å². The summed E-state index contributed by atoms with van der Waals surface area (Å²) in [5, 5.41) is 0. The van der Waals surface area contributed by atoms with Gasteiger partial charge in [-0.3, -0.25) is 4.79 Å². The molecule has 1 atom stereocenters. The molecule has 5 heteroatoms. The Labute approximate surface area is 106 Å². The minimum atomic E-state index is 0.0816. The molecule has 2 aliphatic rings. The molecule has 2 fully saturated rings. The maximum absolute atomic E-state index is 12.5. The number of hydrogen-bond acceptors (Lipinski definition) is 3. The van der Waals surface area contributed by atoms with Crippen molar-refractivity contribution in [3.8, 4) is 0 Å². The summed E-state index contributed by atoms with van der Waals surface area (Å²) in [6.07, 6.45) is 5.27. The van der Waals surface area contributed by atoms with Gasteiger partial charge in [0, 0.05) is 32.4 Å². The number of likely N-dealkylation sites (tertiary alicyclic amines) is 1. The van der Waals surface area contributed by atoms with E-state index in [1.165, 1.54) is 0 Å². The summed E-state index contributed by atoms with van der Waals surface area (Å²) in [6, 6.07) is 2.27. The summed E-state index contributed by atoms with van der Waals surface area (Å²) in [5.41, 5.74) is 7.22. The minimum absolute atomic E-state index is 0.0816. The molecule has 1 aliphatic heterocycles. The summed E-state index contributed by atoms with van der Waals surface area (Å²) < 4.78 is 7.34. The van der Waals surface area contributed by atoms with Gasteiger partial charge >= 0.3 is 0 Å². The molecule has 1 aromatic heterocycles. The van der Waals surface area contributed by atoms with Crippen LogP contribution in [0.4, 0.5) is 5.69 Å². The van der Waals surface area contributed by atoms with Gasteiger partial charge in [-0.1, -0.05) is 0 Å². The van der Waals surface area contributed by atoms with Crippen LogP contribution in [-0.2, 0) is 4.74 Å². The molecule has 0 bridgehead atoms. The van der Waals surface area contributed by atoms with E-state index in [2.05, 4.69) is 0 Å². The Morgan fingerprint density at radius 3 is 2.83 bits per heavy atom. The van der Waals surface area contributed by atoms with E-state index in [0.29, 0.717) is 18.3 Å². The van der Waals surface area contributed by atoms with Crippen molar-refractivity contribution in [3.63, 3.8) is 0 Å². The third-order valence-electron chi connectivity index (χ3n) is 3.79. The second-order valence-electron chi connectivity index (χ2n) is 5.19. The van der Waals surface area contributed by atoms with Crippen LogP contribution < -0.4 is 5.73 Å². The molecule has 2 N–H and O–H groups in total.